The molecule has 0 radical (unpaired) electrons. The summed E-state index contributed by atoms with van der Waals surface area (Å²) >= 11 is 0. The molecule has 46 heavy (non-hydrogen) atoms. The molecule has 0 unspecified atom stereocenters. The van der Waals surface area contributed by atoms with E-state index in [9.17, 15) is 9.90 Å². The molecule has 0 spiro atoms. The van der Waals surface area contributed by atoms with Crippen LogP contribution in [0.3, 0.4) is 0 Å². The van der Waals surface area contributed by atoms with E-state index in [0.717, 1.165) is 51.0 Å². The van der Waals surface area contributed by atoms with E-state index in [1.807, 2.05) is 66.8 Å². The van der Waals surface area contributed by atoms with Crippen molar-refractivity contribution in [3.05, 3.63) is 83.1 Å². The Morgan fingerprint density at radius 3 is 2.74 bits per heavy atom. The second-order valence-corrected chi connectivity index (χ2v) is 11.7. The van der Waals surface area contributed by atoms with E-state index in [2.05, 4.69) is 16.1 Å². The molecule has 1 atom stereocenters. The van der Waals surface area contributed by atoms with Gasteiger partial charge in [0.1, 0.15) is 5.65 Å². The lowest BCUT2D eigenvalue weighted by Crippen LogP contribution is -2.19. The number of carboxylic acids is 1. The zero-order chi connectivity index (χ0) is 32.3. The van der Waals surface area contributed by atoms with Gasteiger partial charge in [0, 0.05) is 71.2 Å². The molecule has 0 fully saturated rings. The van der Waals surface area contributed by atoms with Crippen LogP contribution < -0.4 is 4.74 Å². The smallest absolute Gasteiger partial charge is 0.337 e. The molecule has 0 saturated carbocycles. The van der Waals surface area contributed by atoms with E-state index in [0.29, 0.717) is 46.4 Å². The van der Waals surface area contributed by atoms with Crippen molar-refractivity contribution >= 4 is 27.9 Å². The molecule has 2 aromatic carbocycles. The topological polar surface area (TPSA) is 104 Å². The highest BCUT2D eigenvalue weighted by atomic mass is 19.1. The van der Waals surface area contributed by atoms with Crippen LogP contribution in [0.4, 0.5) is 4.39 Å². The van der Waals surface area contributed by atoms with Gasteiger partial charge >= 0.3 is 5.97 Å². The summed E-state index contributed by atoms with van der Waals surface area (Å²) in [4.78, 5) is 22.2. The van der Waals surface area contributed by atoms with Gasteiger partial charge in [-0.2, -0.15) is 5.10 Å². The molecular weight excluding hydrogens is 585 g/mol. The number of nitrogens with zero attached hydrogens (tertiary/aromatic N) is 5. The maximum Gasteiger partial charge on any atom is 0.337 e. The van der Waals surface area contributed by atoms with E-state index in [1.165, 1.54) is 6.07 Å². The van der Waals surface area contributed by atoms with Crippen LogP contribution in [-0.2, 0) is 30.0 Å². The van der Waals surface area contributed by atoms with Crippen LogP contribution in [0.2, 0.25) is 0 Å². The van der Waals surface area contributed by atoms with Crippen molar-refractivity contribution in [1.82, 2.24) is 24.3 Å². The van der Waals surface area contributed by atoms with Gasteiger partial charge in [-0.1, -0.05) is 6.07 Å². The summed E-state index contributed by atoms with van der Waals surface area (Å²) in [7, 11) is 3.85. The van der Waals surface area contributed by atoms with Crippen LogP contribution in [0.1, 0.15) is 41.8 Å². The Hall–Kier alpha value is -5.09. The van der Waals surface area contributed by atoms with E-state index in [4.69, 9.17) is 14.5 Å². The molecule has 10 heteroatoms. The van der Waals surface area contributed by atoms with Crippen LogP contribution in [0.25, 0.3) is 55.6 Å². The second kappa shape index (κ2) is 11.4. The third-order valence-corrected chi connectivity index (χ3v) is 9.03. The maximum absolute atomic E-state index is 15.7. The fourth-order valence-electron chi connectivity index (χ4n) is 6.78. The first kappa shape index (κ1) is 29.6. The van der Waals surface area contributed by atoms with Gasteiger partial charge in [-0.3, -0.25) is 9.67 Å². The third-order valence-electron chi connectivity index (χ3n) is 9.03. The molecule has 0 bridgehead atoms. The largest absolute Gasteiger partial charge is 0.490 e. The van der Waals surface area contributed by atoms with E-state index in [1.54, 1.807) is 20.0 Å². The normalized spacial score (nSPS) is 13.6. The first-order valence-electron chi connectivity index (χ1n) is 15.4. The van der Waals surface area contributed by atoms with Crippen LogP contribution in [0, 0.1) is 19.7 Å². The summed E-state index contributed by atoms with van der Waals surface area (Å²) in [6.07, 6.45) is 3.78. The minimum atomic E-state index is -1.29. The number of carboxylic acid groups (broad SMARTS) is 1. The highest BCUT2D eigenvalue weighted by Crippen LogP contribution is 2.45. The lowest BCUT2D eigenvalue weighted by molar-refractivity contribution is -0.150. The maximum atomic E-state index is 15.7. The predicted molar refractivity (Wildman–Crippen MR) is 174 cm³/mol. The highest BCUT2D eigenvalue weighted by molar-refractivity contribution is 6.01. The molecule has 9 nitrogen and oxygen atoms in total. The van der Waals surface area contributed by atoms with Gasteiger partial charge in [0.15, 0.2) is 17.7 Å². The summed E-state index contributed by atoms with van der Waals surface area (Å²) in [5, 5.41) is 16.4. The standard InChI is InChI=1S/C36H34FN5O4/c1-6-45-34(36(43)44)31-20(3)40-35-26(32(31)25-16-27(37)33-24(19(25)2)8-7-13-46-33)17-30(41(35)4)22-11-12-38-28(15-22)21-9-10-29-23(14-21)18-39-42(29)5/h9-12,14-18,34H,6-8,13H2,1-5H3,(H,43,44)/t34-/m0/s1. The molecule has 0 amide bonds. The number of ether oxygens (including phenoxy) is 2. The summed E-state index contributed by atoms with van der Waals surface area (Å²) in [5.74, 6) is -1.32. The lowest BCUT2D eigenvalue weighted by atomic mass is 9.86. The number of benzene rings is 2. The average molecular weight is 620 g/mol. The third kappa shape index (κ3) is 4.71. The Morgan fingerprint density at radius 1 is 1.13 bits per heavy atom. The number of aliphatic carboxylic acids is 1. The number of aromatic nitrogens is 5. The van der Waals surface area contributed by atoms with Crippen molar-refractivity contribution in [2.75, 3.05) is 13.2 Å². The number of hydrogen-bond donors (Lipinski definition) is 1. The molecule has 5 heterocycles. The van der Waals surface area contributed by atoms with Crippen LogP contribution in [0.15, 0.2) is 54.9 Å². The predicted octanol–water partition coefficient (Wildman–Crippen LogP) is 7.10. The van der Waals surface area contributed by atoms with Crippen molar-refractivity contribution in [1.29, 1.82) is 0 Å². The fourth-order valence-corrected chi connectivity index (χ4v) is 6.78. The van der Waals surface area contributed by atoms with Gasteiger partial charge in [-0.25, -0.2) is 14.2 Å². The second-order valence-electron chi connectivity index (χ2n) is 11.7. The van der Waals surface area contributed by atoms with Crippen LogP contribution in [-0.4, -0.2) is 48.6 Å². The molecule has 1 N–H and O–H groups in total. The molecule has 0 saturated heterocycles. The van der Waals surface area contributed by atoms with Crippen molar-refractivity contribution < 1.29 is 23.8 Å². The lowest BCUT2D eigenvalue weighted by Gasteiger charge is -2.25. The molecule has 234 valence electrons. The minimum Gasteiger partial charge on any atom is -0.490 e. The number of carbonyl (C=O) groups is 1. The van der Waals surface area contributed by atoms with Crippen LogP contribution in [0.5, 0.6) is 5.75 Å². The minimum absolute atomic E-state index is 0.184. The van der Waals surface area contributed by atoms with Gasteiger partial charge in [0.05, 0.1) is 29.7 Å². The highest BCUT2D eigenvalue weighted by Gasteiger charge is 2.32. The summed E-state index contributed by atoms with van der Waals surface area (Å²) in [6, 6.07) is 13.6. The van der Waals surface area contributed by atoms with Crippen molar-refractivity contribution in [3.8, 4) is 39.4 Å². The van der Waals surface area contributed by atoms with Gasteiger partial charge in [0.2, 0.25) is 0 Å². The van der Waals surface area contributed by atoms with E-state index < -0.39 is 17.9 Å². The first-order chi connectivity index (χ1) is 22.2. The zero-order valence-corrected chi connectivity index (χ0v) is 26.4. The monoisotopic (exact) mass is 619 g/mol. The van der Waals surface area contributed by atoms with Gasteiger partial charge in [-0.15, -0.1) is 0 Å². The Bertz CT molecular complexity index is 2180. The van der Waals surface area contributed by atoms with Crippen molar-refractivity contribution in [2.24, 2.45) is 14.1 Å². The molecule has 0 aliphatic carbocycles. The number of halogens is 1. The molecule has 1 aliphatic rings. The number of aryl methyl sites for hydroxylation is 3. The molecule has 7 rings (SSSR count). The quantitative estimate of drug-likeness (QED) is 0.203. The van der Waals surface area contributed by atoms with Gasteiger partial charge in [-0.05, 0) is 81.1 Å². The van der Waals surface area contributed by atoms with E-state index in [-0.39, 0.29) is 12.4 Å². The van der Waals surface area contributed by atoms with Crippen molar-refractivity contribution in [3.63, 3.8) is 0 Å². The fraction of sp³-hybridized carbons (Fsp3) is 0.278. The SMILES string of the molecule is CCO[C@H](C(=O)O)c1c(C)nc2c(cc(-c3ccnc(-c4ccc5c(cnn5C)c4)c3)n2C)c1-c1cc(F)c2c(c1C)CCCO2. The molecular formula is C36H34FN5O4. The van der Waals surface area contributed by atoms with Gasteiger partial charge < -0.3 is 19.1 Å². The number of pyridine rings is 2. The number of rotatable bonds is 7. The Morgan fingerprint density at radius 2 is 1.96 bits per heavy atom. The molecule has 1 aliphatic heterocycles. The van der Waals surface area contributed by atoms with Crippen molar-refractivity contribution in [2.45, 2.75) is 39.7 Å². The number of hydrogen-bond acceptors (Lipinski definition) is 6. The summed E-state index contributed by atoms with van der Waals surface area (Å²) < 4.78 is 31.0. The molecule has 4 aromatic heterocycles. The Kier molecular flexibility index (Phi) is 7.32. The first-order valence-corrected chi connectivity index (χ1v) is 15.4. The van der Waals surface area contributed by atoms with E-state index >= 15 is 4.39 Å². The Labute approximate surface area is 265 Å². The molecule has 6 aromatic rings. The average Bonchev–Trinajstić information content (AvgIpc) is 3.59. The van der Waals surface area contributed by atoms with Crippen LogP contribution >= 0.6 is 0 Å². The van der Waals surface area contributed by atoms with Gasteiger partial charge in [0.25, 0.3) is 0 Å². The summed E-state index contributed by atoms with van der Waals surface area (Å²) in [6.45, 7) is 6.13. The zero-order valence-electron chi connectivity index (χ0n) is 26.4. The summed E-state index contributed by atoms with van der Waals surface area (Å²) in [5.41, 5.74) is 8.99. The number of fused-ring (bicyclic) bond motifs is 3. The Balaban J connectivity index is 1.47.